The lowest BCUT2D eigenvalue weighted by atomic mass is 10.0. The average Bonchev–Trinajstić information content (AvgIpc) is 3.56. The number of H-pyrrole nitrogens is 1. The summed E-state index contributed by atoms with van der Waals surface area (Å²) in [5, 5.41) is 8.36. The molecule has 0 fully saturated rings. The summed E-state index contributed by atoms with van der Waals surface area (Å²) in [5.74, 6) is -0.955. The minimum absolute atomic E-state index is 0.274. The van der Waals surface area contributed by atoms with Crippen molar-refractivity contribution in [2.24, 2.45) is 0 Å². The molecule has 1 aromatic carbocycles. The molecular weight excluding hydrogens is 452 g/mol. The summed E-state index contributed by atoms with van der Waals surface area (Å²) in [5.41, 5.74) is 3.64. The molecule has 5 rings (SSSR count). The van der Waals surface area contributed by atoms with E-state index in [1.54, 1.807) is 24.3 Å². The van der Waals surface area contributed by atoms with Gasteiger partial charge in [0.2, 0.25) is 0 Å². The third-order valence-electron chi connectivity index (χ3n) is 5.74. The lowest BCUT2D eigenvalue weighted by molar-refractivity contribution is -0.142. The Kier molecular flexibility index (Phi) is 5.62. The molecule has 0 bridgehead atoms. The van der Waals surface area contributed by atoms with E-state index in [0.29, 0.717) is 22.3 Å². The molecule has 5 aromatic rings. The molecule has 1 unspecified atom stereocenters. The highest BCUT2D eigenvalue weighted by molar-refractivity contribution is 7.15. The van der Waals surface area contributed by atoms with Crippen molar-refractivity contribution in [3.05, 3.63) is 70.4 Å². The summed E-state index contributed by atoms with van der Waals surface area (Å²) in [6.45, 7) is 3.76. The number of nitrogens with zero attached hydrogens (tertiary/aromatic N) is 2. The molecule has 172 valence electrons. The number of aromatic nitrogens is 3. The van der Waals surface area contributed by atoms with E-state index in [1.807, 2.05) is 49.5 Å². The molecule has 8 nitrogen and oxygen atoms in total. The van der Waals surface area contributed by atoms with Gasteiger partial charge in [-0.1, -0.05) is 23.4 Å². The number of hydrogen-bond acceptors (Lipinski definition) is 7. The third-order valence-corrected chi connectivity index (χ3v) is 6.77. The fraction of sp³-hybridized carbons (Fsp3) is 0.200. The number of benzene rings is 1. The minimum atomic E-state index is -0.882. The normalized spacial score (nSPS) is 12.2. The van der Waals surface area contributed by atoms with Crippen LogP contribution in [0.2, 0.25) is 0 Å². The first kappa shape index (κ1) is 21.8. The highest BCUT2D eigenvalue weighted by atomic mass is 32.1. The van der Waals surface area contributed by atoms with Crippen LogP contribution in [0.25, 0.3) is 32.6 Å². The zero-order valence-corrected chi connectivity index (χ0v) is 19.7. The van der Waals surface area contributed by atoms with E-state index in [9.17, 15) is 9.59 Å². The summed E-state index contributed by atoms with van der Waals surface area (Å²) in [6, 6.07) is 12.6. The number of para-hydroxylation sites is 1. The summed E-state index contributed by atoms with van der Waals surface area (Å²) < 4.78 is 10.4. The number of aryl methyl sites for hydroxylation is 2. The number of ether oxygens (including phenoxy) is 1. The number of pyridine rings is 1. The van der Waals surface area contributed by atoms with Crippen molar-refractivity contribution in [1.82, 2.24) is 20.4 Å². The zero-order chi connectivity index (χ0) is 23.8. The van der Waals surface area contributed by atoms with Crippen molar-refractivity contribution in [3.63, 3.8) is 0 Å². The fourth-order valence-corrected chi connectivity index (χ4v) is 4.89. The van der Waals surface area contributed by atoms with Gasteiger partial charge < -0.3 is 19.6 Å². The topological polar surface area (TPSA) is 110 Å². The second kappa shape index (κ2) is 8.75. The fourth-order valence-electron chi connectivity index (χ4n) is 4.06. The molecule has 2 N–H and O–H groups in total. The molecular formula is C25H22N4O4S. The second-order valence-electron chi connectivity index (χ2n) is 8.03. The quantitative estimate of drug-likeness (QED) is 0.349. The van der Waals surface area contributed by atoms with Gasteiger partial charge in [0.15, 0.2) is 0 Å². The van der Waals surface area contributed by atoms with Gasteiger partial charge in [0.05, 0.1) is 34.3 Å². The zero-order valence-electron chi connectivity index (χ0n) is 18.8. The predicted molar refractivity (Wildman–Crippen MR) is 130 cm³/mol. The van der Waals surface area contributed by atoms with Crippen molar-refractivity contribution in [2.75, 3.05) is 7.11 Å². The Balaban J connectivity index is 1.51. The lowest BCUT2D eigenvalue weighted by Crippen LogP contribution is -2.43. The van der Waals surface area contributed by atoms with Crippen molar-refractivity contribution in [3.8, 4) is 10.6 Å². The van der Waals surface area contributed by atoms with E-state index in [-0.39, 0.29) is 12.1 Å². The second-order valence-corrected chi connectivity index (χ2v) is 9.31. The number of carbonyl (C=O) groups is 2. The highest BCUT2D eigenvalue weighted by Crippen LogP contribution is 2.31. The Morgan fingerprint density at radius 3 is 2.79 bits per heavy atom. The molecule has 1 amide bonds. The number of carbonyl (C=O) groups excluding carboxylic acids is 2. The number of hydrogen-bond donors (Lipinski definition) is 2. The smallest absolute Gasteiger partial charge is 0.328 e. The number of amides is 1. The van der Waals surface area contributed by atoms with Gasteiger partial charge in [0, 0.05) is 28.4 Å². The Morgan fingerprint density at radius 1 is 1.21 bits per heavy atom. The Morgan fingerprint density at radius 2 is 2.03 bits per heavy atom. The maximum atomic E-state index is 13.5. The van der Waals surface area contributed by atoms with Crippen LogP contribution in [0.1, 0.15) is 26.5 Å². The summed E-state index contributed by atoms with van der Waals surface area (Å²) in [4.78, 5) is 35.9. The molecule has 0 aliphatic rings. The summed E-state index contributed by atoms with van der Waals surface area (Å²) in [6.07, 6.45) is 2.12. The average molecular weight is 475 g/mol. The van der Waals surface area contributed by atoms with Gasteiger partial charge in [-0.25, -0.2) is 9.78 Å². The standard InChI is InChI=1S/C25H22N4O4S/c1-13-8-9-21(34-13)19-11-17(22-14(2)29-33-24(22)28-19)23(30)27-20(25(31)32-3)10-15-12-26-18-7-5-4-6-16(15)18/h4-9,11-12,20,26H,10H2,1-3H3,(H,27,30). The van der Waals surface area contributed by atoms with Crippen LogP contribution < -0.4 is 5.32 Å². The van der Waals surface area contributed by atoms with Gasteiger partial charge in [-0.05, 0) is 43.7 Å². The van der Waals surface area contributed by atoms with E-state index in [1.165, 1.54) is 7.11 Å². The van der Waals surface area contributed by atoms with Crippen molar-refractivity contribution in [2.45, 2.75) is 26.3 Å². The van der Waals surface area contributed by atoms with Crippen LogP contribution in [0, 0.1) is 13.8 Å². The van der Waals surface area contributed by atoms with Gasteiger partial charge in [-0.3, -0.25) is 4.79 Å². The van der Waals surface area contributed by atoms with Crippen molar-refractivity contribution >= 4 is 45.2 Å². The van der Waals surface area contributed by atoms with Crippen LogP contribution in [0.15, 0.2) is 53.2 Å². The predicted octanol–water partition coefficient (Wildman–Crippen LogP) is 4.56. The van der Waals surface area contributed by atoms with Crippen LogP contribution in [0.4, 0.5) is 0 Å². The molecule has 0 aliphatic carbocycles. The number of methoxy groups -OCH3 is 1. The molecule has 0 radical (unpaired) electrons. The van der Waals surface area contributed by atoms with Gasteiger partial charge in [0.1, 0.15) is 6.04 Å². The van der Waals surface area contributed by atoms with Crippen LogP contribution in [0.5, 0.6) is 0 Å². The molecule has 34 heavy (non-hydrogen) atoms. The Hall–Kier alpha value is -3.98. The number of nitrogens with one attached hydrogen (secondary N) is 2. The molecule has 9 heteroatoms. The van der Waals surface area contributed by atoms with E-state index in [4.69, 9.17) is 9.26 Å². The van der Waals surface area contributed by atoms with Crippen LogP contribution in [-0.2, 0) is 16.0 Å². The third kappa shape index (κ3) is 3.94. The van der Waals surface area contributed by atoms with Gasteiger partial charge in [-0.2, -0.15) is 0 Å². The first-order valence-corrected chi connectivity index (χ1v) is 11.5. The van der Waals surface area contributed by atoms with Crippen molar-refractivity contribution < 1.29 is 18.8 Å². The SMILES string of the molecule is COC(=O)C(Cc1c[nH]c2ccccc12)NC(=O)c1cc(-c2ccc(C)s2)nc2onc(C)c12. The van der Waals surface area contributed by atoms with Crippen LogP contribution >= 0.6 is 11.3 Å². The van der Waals surface area contributed by atoms with E-state index in [0.717, 1.165) is 26.2 Å². The van der Waals surface area contributed by atoms with Crippen LogP contribution in [0.3, 0.4) is 0 Å². The molecule has 0 saturated heterocycles. The van der Waals surface area contributed by atoms with Crippen LogP contribution in [-0.4, -0.2) is 40.2 Å². The molecule has 4 heterocycles. The molecule has 1 atom stereocenters. The highest BCUT2D eigenvalue weighted by Gasteiger charge is 2.27. The number of aromatic amines is 1. The molecule has 0 aliphatic heterocycles. The Bertz CT molecular complexity index is 1530. The first-order chi connectivity index (χ1) is 16.4. The molecule has 4 aromatic heterocycles. The van der Waals surface area contributed by atoms with E-state index < -0.39 is 17.9 Å². The lowest BCUT2D eigenvalue weighted by Gasteiger charge is -2.17. The van der Waals surface area contributed by atoms with Gasteiger partial charge in [-0.15, -0.1) is 11.3 Å². The number of rotatable bonds is 6. The number of fused-ring (bicyclic) bond motifs is 2. The van der Waals surface area contributed by atoms with E-state index >= 15 is 0 Å². The molecule has 0 saturated carbocycles. The van der Waals surface area contributed by atoms with E-state index in [2.05, 4.69) is 20.4 Å². The summed E-state index contributed by atoms with van der Waals surface area (Å²) in [7, 11) is 1.31. The van der Waals surface area contributed by atoms with Gasteiger partial charge in [0.25, 0.3) is 11.6 Å². The number of thiophene rings is 1. The largest absolute Gasteiger partial charge is 0.467 e. The maximum absolute atomic E-state index is 13.5. The maximum Gasteiger partial charge on any atom is 0.328 e. The minimum Gasteiger partial charge on any atom is -0.467 e. The monoisotopic (exact) mass is 474 g/mol. The number of esters is 1. The van der Waals surface area contributed by atoms with Crippen molar-refractivity contribution in [1.29, 1.82) is 0 Å². The summed E-state index contributed by atoms with van der Waals surface area (Å²) >= 11 is 1.57. The first-order valence-electron chi connectivity index (χ1n) is 10.7. The van der Waals surface area contributed by atoms with Gasteiger partial charge >= 0.3 is 5.97 Å². The Labute approximate surface area is 198 Å². The molecule has 0 spiro atoms.